The fourth-order valence-electron chi connectivity index (χ4n) is 2.95. The van der Waals surface area contributed by atoms with Crippen molar-refractivity contribution >= 4 is 11.0 Å². The molecule has 1 aliphatic carbocycles. The summed E-state index contributed by atoms with van der Waals surface area (Å²) in [7, 11) is 2.09. The van der Waals surface area contributed by atoms with Crippen LogP contribution in [0.15, 0.2) is 18.2 Å². The maximum Gasteiger partial charge on any atom is 0.112 e. The zero-order chi connectivity index (χ0) is 13.0. The van der Waals surface area contributed by atoms with Gasteiger partial charge in [-0.2, -0.15) is 0 Å². The van der Waals surface area contributed by atoms with Crippen LogP contribution in [-0.2, 0) is 17.2 Å². The number of aromatic nitrogens is 2. The van der Waals surface area contributed by atoms with Crippen LogP contribution in [0.1, 0.15) is 30.1 Å². The minimum Gasteiger partial charge on any atom is -0.395 e. The number of ether oxygens (including phenoxy) is 1. The van der Waals surface area contributed by atoms with Crippen molar-refractivity contribution in [2.75, 3.05) is 19.8 Å². The van der Waals surface area contributed by atoms with Crippen molar-refractivity contribution < 1.29 is 9.84 Å². The van der Waals surface area contributed by atoms with E-state index < -0.39 is 0 Å². The molecule has 1 aromatic carbocycles. The second-order valence-corrected chi connectivity index (χ2v) is 5.94. The van der Waals surface area contributed by atoms with Gasteiger partial charge in [-0.3, -0.25) is 0 Å². The first-order valence-electron chi connectivity index (χ1n) is 6.89. The lowest BCUT2D eigenvalue weighted by molar-refractivity contribution is -0.0841. The van der Waals surface area contributed by atoms with Gasteiger partial charge in [0, 0.05) is 13.0 Å². The molecule has 4 rings (SSSR count). The molecule has 2 aliphatic rings. The van der Waals surface area contributed by atoms with Crippen molar-refractivity contribution in [3.8, 4) is 0 Å². The van der Waals surface area contributed by atoms with Gasteiger partial charge in [0.05, 0.1) is 36.3 Å². The number of hydrogen-bond donors (Lipinski definition) is 1. The molecule has 1 saturated heterocycles. The van der Waals surface area contributed by atoms with Crippen LogP contribution in [0.3, 0.4) is 0 Å². The minimum atomic E-state index is -0.203. The Labute approximate surface area is 112 Å². The van der Waals surface area contributed by atoms with Crippen LogP contribution in [0.4, 0.5) is 0 Å². The second kappa shape index (κ2) is 3.81. The smallest absolute Gasteiger partial charge is 0.112 e. The van der Waals surface area contributed by atoms with Crippen molar-refractivity contribution in [3.05, 3.63) is 29.6 Å². The molecular weight excluding hydrogens is 240 g/mol. The Bertz CT molecular complexity index is 633. The average molecular weight is 258 g/mol. The predicted octanol–water partition coefficient (Wildman–Crippen LogP) is 1.71. The number of aliphatic hydroxyl groups excluding tert-OH is 1. The van der Waals surface area contributed by atoms with E-state index in [1.807, 2.05) is 0 Å². The molecule has 0 unspecified atom stereocenters. The van der Waals surface area contributed by atoms with E-state index in [2.05, 4.69) is 29.8 Å². The number of nitrogens with zero attached hydrogens (tertiary/aromatic N) is 2. The summed E-state index contributed by atoms with van der Waals surface area (Å²) >= 11 is 0. The van der Waals surface area contributed by atoms with Crippen molar-refractivity contribution in [2.24, 2.45) is 7.05 Å². The Morgan fingerprint density at radius 1 is 1.42 bits per heavy atom. The standard InChI is InChI=1S/C15H18N2O2/c1-17-13-5-4-11(15(7-18)8-19-9-15)6-12(13)16-14(17)10-2-3-10/h4-6,10,18H,2-3,7-9H2,1H3. The fraction of sp³-hybridized carbons (Fsp3) is 0.533. The maximum absolute atomic E-state index is 9.61. The molecule has 4 heteroatoms. The van der Waals surface area contributed by atoms with E-state index in [4.69, 9.17) is 9.72 Å². The first-order chi connectivity index (χ1) is 9.23. The van der Waals surface area contributed by atoms with E-state index in [1.54, 1.807) is 0 Å². The molecule has 1 aromatic heterocycles. The van der Waals surface area contributed by atoms with E-state index in [9.17, 15) is 5.11 Å². The predicted molar refractivity (Wildman–Crippen MR) is 72.3 cm³/mol. The van der Waals surface area contributed by atoms with Gasteiger partial charge in [0.15, 0.2) is 0 Å². The van der Waals surface area contributed by atoms with Gasteiger partial charge in [0.25, 0.3) is 0 Å². The highest BCUT2D eigenvalue weighted by Gasteiger charge is 2.40. The SMILES string of the molecule is Cn1c(C2CC2)nc2cc(C3(CO)COC3)ccc21. The Morgan fingerprint density at radius 2 is 2.21 bits per heavy atom. The van der Waals surface area contributed by atoms with E-state index >= 15 is 0 Å². The molecule has 19 heavy (non-hydrogen) atoms. The Balaban J connectivity index is 1.83. The first kappa shape index (κ1) is 11.4. The molecule has 0 radical (unpaired) electrons. The quantitative estimate of drug-likeness (QED) is 0.911. The molecule has 1 N–H and O–H groups in total. The zero-order valence-corrected chi connectivity index (χ0v) is 11.1. The number of imidazole rings is 1. The third kappa shape index (κ3) is 1.56. The van der Waals surface area contributed by atoms with Crippen LogP contribution < -0.4 is 0 Å². The van der Waals surface area contributed by atoms with E-state index in [0.29, 0.717) is 19.1 Å². The average Bonchev–Trinajstić information content (AvgIpc) is 3.15. The van der Waals surface area contributed by atoms with Gasteiger partial charge < -0.3 is 14.4 Å². The van der Waals surface area contributed by atoms with Crippen LogP contribution in [-0.4, -0.2) is 34.5 Å². The summed E-state index contributed by atoms with van der Waals surface area (Å²) in [6.45, 7) is 1.36. The van der Waals surface area contributed by atoms with Crippen molar-refractivity contribution in [1.82, 2.24) is 9.55 Å². The molecule has 100 valence electrons. The van der Waals surface area contributed by atoms with Crippen molar-refractivity contribution in [1.29, 1.82) is 0 Å². The Hall–Kier alpha value is -1.39. The number of rotatable bonds is 3. The van der Waals surface area contributed by atoms with Crippen LogP contribution in [0.25, 0.3) is 11.0 Å². The monoisotopic (exact) mass is 258 g/mol. The maximum atomic E-state index is 9.61. The molecule has 2 heterocycles. The molecule has 0 spiro atoms. The van der Waals surface area contributed by atoms with Gasteiger partial charge in [-0.15, -0.1) is 0 Å². The van der Waals surface area contributed by atoms with Gasteiger partial charge in [-0.05, 0) is 30.5 Å². The summed E-state index contributed by atoms with van der Waals surface area (Å²) in [6, 6.07) is 6.36. The first-order valence-corrected chi connectivity index (χ1v) is 6.89. The van der Waals surface area contributed by atoms with E-state index in [0.717, 1.165) is 11.1 Å². The summed E-state index contributed by atoms with van der Waals surface area (Å²) in [5, 5.41) is 9.61. The second-order valence-electron chi connectivity index (χ2n) is 5.94. The Morgan fingerprint density at radius 3 is 2.79 bits per heavy atom. The van der Waals surface area contributed by atoms with Crippen LogP contribution >= 0.6 is 0 Å². The van der Waals surface area contributed by atoms with Crippen LogP contribution in [0, 0.1) is 0 Å². The minimum absolute atomic E-state index is 0.140. The highest BCUT2D eigenvalue weighted by Crippen LogP contribution is 2.41. The number of aryl methyl sites for hydroxylation is 1. The molecule has 1 aliphatic heterocycles. The van der Waals surface area contributed by atoms with Gasteiger partial charge in [0.2, 0.25) is 0 Å². The highest BCUT2D eigenvalue weighted by molar-refractivity contribution is 5.77. The van der Waals surface area contributed by atoms with Crippen LogP contribution in [0.5, 0.6) is 0 Å². The lowest BCUT2D eigenvalue weighted by atomic mass is 9.79. The topological polar surface area (TPSA) is 47.3 Å². The largest absolute Gasteiger partial charge is 0.395 e. The zero-order valence-electron chi connectivity index (χ0n) is 11.1. The van der Waals surface area contributed by atoms with Gasteiger partial charge in [-0.1, -0.05) is 6.07 Å². The summed E-state index contributed by atoms with van der Waals surface area (Å²) in [4.78, 5) is 4.78. The van der Waals surface area contributed by atoms with Gasteiger partial charge >= 0.3 is 0 Å². The molecule has 0 atom stereocenters. The fourth-order valence-corrected chi connectivity index (χ4v) is 2.95. The highest BCUT2D eigenvalue weighted by atomic mass is 16.5. The normalized spacial score (nSPS) is 21.6. The third-order valence-corrected chi connectivity index (χ3v) is 4.53. The molecule has 0 amide bonds. The summed E-state index contributed by atoms with van der Waals surface area (Å²) in [6.07, 6.45) is 2.52. The van der Waals surface area contributed by atoms with Gasteiger partial charge in [-0.25, -0.2) is 4.98 Å². The van der Waals surface area contributed by atoms with E-state index in [1.165, 1.54) is 24.2 Å². The summed E-state index contributed by atoms with van der Waals surface area (Å²) in [5.74, 6) is 1.86. The molecule has 2 aromatic rings. The Kier molecular flexibility index (Phi) is 2.29. The summed E-state index contributed by atoms with van der Waals surface area (Å²) < 4.78 is 7.50. The number of aliphatic hydroxyl groups is 1. The molecule has 4 nitrogen and oxygen atoms in total. The van der Waals surface area contributed by atoms with Crippen molar-refractivity contribution in [3.63, 3.8) is 0 Å². The van der Waals surface area contributed by atoms with Crippen LogP contribution in [0.2, 0.25) is 0 Å². The number of hydrogen-bond acceptors (Lipinski definition) is 3. The molecule has 1 saturated carbocycles. The lowest BCUT2D eigenvalue weighted by Crippen LogP contribution is -2.49. The number of fused-ring (bicyclic) bond motifs is 1. The lowest BCUT2D eigenvalue weighted by Gasteiger charge is -2.40. The van der Waals surface area contributed by atoms with Crippen molar-refractivity contribution in [2.45, 2.75) is 24.2 Å². The molecule has 2 fully saturated rings. The summed E-state index contributed by atoms with van der Waals surface area (Å²) in [5.41, 5.74) is 3.17. The van der Waals surface area contributed by atoms with Gasteiger partial charge in [0.1, 0.15) is 5.82 Å². The molecular formula is C15H18N2O2. The molecule has 0 bridgehead atoms. The number of benzene rings is 1. The third-order valence-electron chi connectivity index (χ3n) is 4.53. The van der Waals surface area contributed by atoms with E-state index in [-0.39, 0.29) is 12.0 Å².